The molecule has 0 heterocycles. The molecule has 0 unspecified atom stereocenters. The molecule has 256 valence electrons. The van der Waals surface area contributed by atoms with Crippen molar-refractivity contribution < 1.29 is 0 Å². The van der Waals surface area contributed by atoms with Gasteiger partial charge < -0.3 is 0 Å². The van der Waals surface area contributed by atoms with Crippen LogP contribution in [-0.2, 0) is 0 Å². The highest BCUT2D eigenvalue weighted by atomic mass is 14.4. The van der Waals surface area contributed by atoms with E-state index < -0.39 is 0 Å². The predicted molar refractivity (Wildman–Crippen MR) is 237 cm³/mol. The van der Waals surface area contributed by atoms with Gasteiger partial charge in [0.05, 0.1) is 0 Å². The first kappa shape index (κ1) is 31.8. The summed E-state index contributed by atoms with van der Waals surface area (Å²) in [5.41, 5.74) is 13.9. The molecule has 10 aromatic rings. The summed E-state index contributed by atoms with van der Waals surface area (Å²) in [6.07, 6.45) is 0. The zero-order chi connectivity index (χ0) is 37.0. The fourth-order valence-corrected chi connectivity index (χ4v) is 8.97. The number of benzene rings is 10. The quantitative estimate of drug-likeness (QED) is 0.124. The first-order valence-corrected chi connectivity index (χ1v) is 19.1. The summed E-state index contributed by atoms with van der Waals surface area (Å²) >= 11 is 0. The maximum Gasteiger partial charge on any atom is 0.0419 e. The third kappa shape index (κ3) is 4.91. The number of fused-ring (bicyclic) bond motifs is 8. The second kappa shape index (κ2) is 13.0. The summed E-state index contributed by atoms with van der Waals surface area (Å²) in [6.45, 7) is 0. The Balaban J connectivity index is 1.44. The lowest BCUT2D eigenvalue weighted by molar-refractivity contribution is 1.63. The van der Waals surface area contributed by atoms with Crippen LogP contribution in [0.25, 0.3) is 87.6 Å². The van der Waals surface area contributed by atoms with Gasteiger partial charge in [0.15, 0.2) is 0 Å². The summed E-state index contributed by atoms with van der Waals surface area (Å²) in [5, 5.41) is 9.45. The summed E-state index contributed by atoms with van der Waals surface area (Å²) < 4.78 is 0. The monoisotopic (exact) mass is 704 g/mol. The highest BCUT2D eigenvalue weighted by molar-refractivity contribution is 6.37. The Morgan fingerprint density at radius 1 is 0.214 bits per heavy atom. The summed E-state index contributed by atoms with van der Waals surface area (Å²) in [6, 6.07) is 69.3. The predicted octanol–water partition coefficient (Wildman–Crippen LogP) is 14.1. The molecule has 56 heavy (non-hydrogen) atoms. The lowest BCUT2D eigenvalue weighted by atomic mass is 9.81. The zero-order valence-corrected chi connectivity index (χ0v) is 30.5. The fourth-order valence-electron chi connectivity index (χ4n) is 8.97. The van der Waals surface area contributed by atoms with E-state index in [1.54, 1.807) is 0 Å². The van der Waals surface area contributed by atoms with Gasteiger partial charge in [-0.05, 0) is 101 Å². The Morgan fingerprint density at radius 2 is 0.518 bits per heavy atom. The standard InChI is InChI=1S/C56H32/c1-5-19-37(20-6-1)33-35-47-41-27-13-15-29-43(41)52-54-49(39-23-9-3-10-24-39)45-31-17-18-32-46(45)50(40-25-11-4-12-26-40)55(54)53-44-30-16-14-28-42(44)48(51(47)56(52)53)36-34-38-21-7-2-8-22-38/h1-32H. The Morgan fingerprint density at radius 3 is 0.893 bits per heavy atom. The SMILES string of the molecule is C(#Cc1c2ccccc2c2c3c(c4ccccc4c(C#Cc4ccccc4)c13)-c1c-2c(-c2ccccc2)c2ccccc2c1-c1ccccc1)c1ccccc1. The van der Waals surface area contributed by atoms with Crippen LogP contribution in [0.4, 0.5) is 0 Å². The Bertz CT molecular complexity index is 3090. The molecule has 0 nitrogen and oxygen atoms in total. The van der Waals surface area contributed by atoms with Gasteiger partial charge in [0.2, 0.25) is 0 Å². The van der Waals surface area contributed by atoms with Gasteiger partial charge in [0, 0.05) is 33.0 Å². The maximum absolute atomic E-state index is 3.77. The number of hydrogen-bond acceptors (Lipinski definition) is 0. The Kier molecular flexibility index (Phi) is 7.41. The van der Waals surface area contributed by atoms with Crippen LogP contribution >= 0.6 is 0 Å². The van der Waals surface area contributed by atoms with Gasteiger partial charge in [-0.25, -0.2) is 0 Å². The van der Waals surface area contributed by atoms with Crippen molar-refractivity contribution in [2.45, 2.75) is 0 Å². The van der Waals surface area contributed by atoms with Crippen molar-refractivity contribution in [3.63, 3.8) is 0 Å². The molecular formula is C56H32. The van der Waals surface area contributed by atoms with Crippen molar-refractivity contribution in [2.24, 2.45) is 0 Å². The molecule has 0 saturated carbocycles. The van der Waals surface area contributed by atoms with E-state index in [-0.39, 0.29) is 0 Å². The highest BCUT2D eigenvalue weighted by Gasteiger charge is 2.35. The average Bonchev–Trinajstić information content (AvgIpc) is 3.62. The topological polar surface area (TPSA) is 0 Å². The summed E-state index contributed by atoms with van der Waals surface area (Å²) in [5.74, 6) is 14.7. The van der Waals surface area contributed by atoms with Crippen molar-refractivity contribution >= 4 is 43.1 Å². The van der Waals surface area contributed by atoms with Crippen LogP contribution in [0.3, 0.4) is 0 Å². The van der Waals surface area contributed by atoms with Crippen LogP contribution in [0.1, 0.15) is 22.3 Å². The van der Waals surface area contributed by atoms with Crippen LogP contribution in [0, 0.1) is 23.7 Å². The normalized spacial score (nSPS) is 11.3. The van der Waals surface area contributed by atoms with E-state index in [4.69, 9.17) is 0 Å². The summed E-state index contributed by atoms with van der Waals surface area (Å²) in [4.78, 5) is 0. The maximum atomic E-state index is 3.77. The van der Waals surface area contributed by atoms with E-state index in [2.05, 4.69) is 206 Å². The van der Waals surface area contributed by atoms with Gasteiger partial charge in [0.1, 0.15) is 0 Å². The molecule has 0 spiro atoms. The smallest absolute Gasteiger partial charge is 0.0419 e. The van der Waals surface area contributed by atoms with Crippen LogP contribution in [0.15, 0.2) is 194 Å². The third-order valence-corrected chi connectivity index (χ3v) is 11.2. The molecule has 0 N–H and O–H groups in total. The number of hydrogen-bond donors (Lipinski definition) is 0. The van der Waals surface area contributed by atoms with Crippen LogP contribution in [-0.4, -0.2) is 0 Å². The molecule has 0 atom stereocenters. The molecular weight excluding hydrogens is 673 g/mol. The van der Waals surface area contributed by atoms with Gasteiger partial charge in [-0.15, -0.1) is 0 Å². The molecule has 0 fully saturated rings. The van der Waals surface area contributed by atoms with Gasteiger partial charge >= 0.3 is 0 Å². The van der Waals surface area contributed by atoms with E-state index >= 15 is 0 Å². The molecule has 10 aromatic carbocycles. The zero-order valence-electron chi connectivity index (χ0n) is 30.5. The van der Waals surface area contributed by atoms with Gasteiger partial charge in [0.25, 0.3) is 0 Å². The van der Waals surface area contributed by atoms with E-state index in [1.165, 1.54) is 71.4 Å². The van der Waals surface area contributed by atoms with Crippen molar-refractivity contribution in [1.29, 1.82) is 0 Å². The van der Waals surface area contributed by atoms with Gasteiger partial charge in [-0.1, -0.05) is 194 Å². The molecule has 0 aromatic heterocycles. The fraction of sp³-hybridized carbons (Fsp3) is 0. The average molecular weight is 705 g/mol. The van der Waals surface area contributed by atoms with Gasteiger partial charge in [-0.3, -0.25) is 0 Å². The second-order valence-corrected chi connectivity index (χ2v) is 14.4. The Hall–Kier alpha value is -7.64. The largest absolute Gasteiger partial charge is 0.0622 e. The van der Waals surface area contributed by atoms with Crippen molar-refractivity contribution in [3.8, 4) is 68.2 Å². The van der Waals surface area contributed by atoms with E-state index in [0.29, 0.717) is 0 Å². The first-order chi connectivity index (χ1) is 27.8. The van der Waals surface area contributed by atoms with E-state index in [9.17, 15) is 0 Å². The highest BCUT2D eigenvalue weighted by Crippen LogP contribution is 2.62. The van der Waals surface area contributed by atoms with Crippen molar-refractivity contribution in [1.82, 2.24) is 0 Å². The van der Waals surface area contributed by atoms with Crippen molar-refractivity contribution in [3.05, 3.63) is 216 Å². The minimum absolute atomic E-state index is 0.980. The molecule has 1 aliphatic rings. The minimum Gasteiger partial charge on any atom is -0.0622 e. The Labute approximate surface area is 326 Å². The molecule has 0 amide bonds. The molecule has 0 heteroatoms. The minimum atomic E-state index is 0.980. The van der Waals surface area contributed by atoms with E-state index in [1.807, 2.05) is 12.1 Å². The van der Waals surface area contributed by atoms with Crippen LogP contribution in [0.2, 0.25) is 0 Å². The molecule has 0 aliphatic heterocycles. The summed E-state index contributed by atoms with van der Waals surface area (Å²) in [7, 11) is 0. The molecule has 11 rings (SSSR count). The third-order valence-electron chi connectivity index (χ3n) is 11.2. The molecule has 0 radical (unpaired) electrons. The molecule has 0 bridgehead atoms. The first-order valence-electron chi connectivity index (χ1n) is 19.1. The molecule has 0 saturated heterocycles. The second-order valence-electron chi connectivity index (χ2n) is 14.4. The van der Waals surface area contributed by atoms with Crippen LogP contribution < -0.4 is 0 Å². The van der Waals surface area contributed by atoms with Gasteiger partial charge in [-0.2, -0.15) is 0 Å². The van der Waals surface area contributed by atoms with Crippen LogP contribution in [0.5, 0.6) is 0 Å². The molecule has 1 aliphatic carbocycles. The van der Waals surface area contributed by atoms with Crippen molar-refractivity contribution in [2.75, 3.05) is 0 Å². The number of rotatable bonds is 2. The lowest BCUT2D eigenvalue weighted by Gasteiger charge is -2.21. The lowest BCUT2D eigenvalue weighted by Crippen LogP contribution is -1.94. The van der Waals surface area contributed by atoms with E-state index in [0.717, 1.165) is 38.4 Å².